The summed E-state index contributed by atoms with van der Waals surface area (Å²) in [4.78, 5) is 23.2. The van der Waals surface area contributed by atoms with E-state index >= 15 is 0 Å². The highest BCUT2D eigenvalue weighted by molar-refractivity contribution is 8.15. The molecule has 0 aromatic heterocycles. The van der Waals surface area contributed by atoms with Crippen molar-refractivity contribution < 1.29 is 14.3 Å². The summed E-state index contributed by atoms with van der Waals surface area (Å²) in [6.07, 6.45) is 1.47. The standard InChI is InChI=1S/C15H17N3O3S/c1-15(2,3)21-13(20)11-7-5-4-6-10(11)8-16-18-14-17-12(19)9-22-14/h4-8H,9H2,1-3H3,(H,17,18,19). The molecule has 0 atom stereocenters. The lowest BCUT2D eigenvalue weighted by atomic mass is 10.1. The summed E-state index contributed by atoms with van der Waals surface area (Å²) in [6.45, 7) is 5.44. The van der Waals surface area contributed by atoms with E-state index in [1.165, 1.54) is 18.0 Å². The molecule has 0 radical (unpaired) electrons. The van der Waals surface area contributed by atoms with E-state index in [4.69, 9.17) is 4.74 Å². The Hall–Kier alpha value is -2.15. The van der Waals surface area contributed by atoms with Crippen LogP contribution in [0.5, 0.6) is 0 Å². The lowest BCUT2D eigenvalue weighted by Gasteiger charge is -2.20. The number of amidine groups is 1. The van der Waals surface area contributed by atoms with Gasteiger partial charge in [-0.2, -0.15) is 5.10 Å². The van der Waals surface area contributed by atoms with Crippen LogP contribution in [-0.4, -0.2) is 34.6 Å². The molecule has 1 aromatic carbocycles. The van der Waals surface area contributed by atoms with Gasteiger partial charge in [-0.25, -0.2) is 4.79 Å². The normalized spacial score (nSPS) is 17.0. The molecule has 2 rings (SSSR count). The Bertz CT molecular complexity index is 648. The Morgan fingerprint density at radius 2 is 2.09 bits per heavy atom. The summed E-state index contributed by atoms with van der Waals surface area (Å²) in [5.41, 5.74) is 0.465. The van der Waals surface area contributed by atoms with Crippen molar-refractivity contribution in [1.29, 1.82) is 0 Å². The summed E-state index contributed by atoms with van der Waals surface area (Å²) in [7, 11) is 0. The van der Waals surface area contributed by atoms with Crippen molar-refractivity contribution in [2.75, 3.05) is 5.75 Å². The summed E-state index contributed by atoms with van der Waals surface area (Å²) in [5, 5.41) is 10.9. The van der Waals surface area contributed by atoms with Crippen LogP contribution in [0.2, 0.25) is 0 Å². The molecule has 6 nitrogen and oxygen atoms in total. The van der Waals surface area contributed by atoms with Gasteiger partial charge in [-0.1, -0.05) is 30.0 Å². The molecule has 1 fully saturated rings. The molecule has 22 heavy (non-hydrogen) atoms. The zero-order chi connectivity index (χ0) is 16.2. The van der Waals surface area contributed by atoms with E-state index in [1.807, 2.05) is 20.8 Å². The SMILES string of the molecule is CC(C)(C)OC(=O)c1ccccc1C=NN=C1NC(=O)CS1. The number of hydrogen-bond donors (Lipinski definition) is 1. The zero-order valence-corrected chi connectivity index (χ0v) is 13.4. The first-order valence-electron chi connectivity index (χ1n) is 6.71. The van der Waals surface area contributed by atoms with E-state index in [1.54, 1.807) is 24.3 Å². The minimum Gasteiger partial charge on any atom is -0.456 e. The Morgan fingerprint density at radius 3 is 2.73 bits per heavy atom. The molecule has 0 aliphatic carbocycles. The van der Waals surface area contributed by atoms with Crippen LogP contribution in [-0.2, 0) is 9.53 Å². The average molecular weight is 319 g/mol. The number of benzene rings is 1. The van der Waals surface area contributed by atoms with Crippen LogP contribution in [0.3, 0.4) is 0 Å². The quantitative estimate of drug-likeness (QED) is 0.526. The summed E-state index contributed by atoms with van der Waals surface area (Å²) < 4.78 is 5.36. The third-order valence-corrected chi connectivity index (χ3v) is 3.37. The van der Waals surface area contributed by atoms with Crippen molar-refractivity contribution in [2.45, 2.75) is 26.4 Å². The molecule has 1 aliphatic rings. The number of hydrogen-bond acceptors (Lipinski definition) is 6. The van der Waals surface area contributed by atoms with Gasteiger partial charge in [0.25, 0.3) is 0 Å². The van der Waals surface area contributed by atoms with E-state index in [0.29, 0.717) is 22.0 Å². The average Bonchev–Trinajstić information content (AvgIpc) is 2.83. The van der Waals surface area contributed by atoms with Crippen LogP contribution in [0.1, 0.15) is 36.7 Å². The van der Waals surface area contributed by atoms with E-state index in [-0.39, 0.29) is 5.91 Å². The highest BCUT2D eigenvalue weighted by atomic mass is 32.2. The largest absolute Gasteiger partial charge is 0.456 e. The number of carbonyl (C=O) groups excluding carboxylic acids is 2. The van der Waals surface area contributed by atoms with Gasteiger partial charge in [-0.15, -0.1) is 5.10 Å². The number of nitrogens with one attached hydrogen (secondary N) is 1. The van der Waals surface area contributed by atoms with Crippen molar-refractivity contribution >= 4 is 35.0 Å². The minimum atomic E-state index is -0.563. The Balaban J connectivity index is 2.15. The molecule has 1 aromatic rings. The topological polar surface area (TPSA) is 80.1 Å². The number of thioether (sulfide) groups is 1. The van der Waals surface area contributed by atoms with E-state index in [2.05, 4.69) is 15.5 Å². The van der Waals surface area contributed by atoms with Gasteiger partial charge in [-0.05, 0) is 26.8 Å². The molecule has 1 saturated heterocycles. The highest BCUT2D eigenvalue weighted by Gasteiger charge is 2.19. The molecule has 0 spiro atoms. The highest BCUT2D eigenvalue weighted by Crippen LogP contribution is 2.15. The first-order valence-corrected chi connectivity index (χ1v) is 7.70. The molecular weight excluding hydrogens is 302 g/mol. The van der Waals surface area contributed by atoms with Crippen molar-refractivity contribution in [2.24, 2.45) is 10.2 Å². The first kappa shape index (κ1) is 16.2. The maximum Gasteiger partial charge on any atom is 0.339 e. The van der Waals surface area contributed by atoms with Gasteiger partial charge in [0, 0.05) is 5.56 Å². The number of carbonyl (C=O) groups is 2. The maximum atomic E-state index is 12.2. The van der Waals surface area contributed by atoms with Crippen LogP contribution in [0.15, 0.2) is 34.5 Å². The van der Waals surface area contributed by atoms with Crippen LogP contribution >= 0.6 is 11.8 Å². The molecule has 0 unspecified atom stereocenters. The number of nitrogens with zero attached hydrogens (tertiary/aromatic N) is 2. The van der Waals surface area contributed by atoms with Crippen LogP contribution in [0.4, 0.5) is 0 Å². The number of esters is 1. The third kappa shape index (κ3) is 4.70. The van der Waals surface area contributed by atoms with Gasteiger partial charge in [0.05, 0.1) is 17.5 Å². The molecule has 7 heteroatoms. The van der Waals surface area contributed by atoms with Crippen LogP contribution < -0.4 is 5.32 Å². The van der Waals surface area contributed by atoms with Crippen molar-refractivity contribution in [3.63, 3.8) is 0 Å². The van der Waals surface area contributed by atoms with E-state index in [0.717, 1.165) is 0 Å². The van der Waals surface area contributed by atoms with E-state index < -0.39 is 11.6 Å². The fraction of sp³-hybridized carbons (Fsp3) is 0.333. The van der Waals surface area contributed by atoms with Gasteiger partial charge in [0.1, 0.15) is 5.60 Å². The second kappa shape index (κ2) is 6.74. The summed E-state index contributed by atoms with van der Waals surface area (Å²) >= 11 is 1.29. The Kier molecular flexibility index (Phi) is 4.97. The summed E-state index contributed by atoms with van der Waals surface area (Å²) in [6, 6.07) is 6.99. The fourth-order valence-corrected chi connectivity index (χ4v) is 2.28. The van der Waals surface area contributed by atoms with Crippen LogP contribution in [0, 0.1) is 0 Å². The third-order valence-electron chi connectivity index (χ3n) is 2.51. The first-order chi connectivity index (χ1) is 10.3. The Labute approximate surface area is 133 Å². The van der Waals surface area contributed by atoms with Crippen molar-refractivity contribution in [3.8, 4) is 0 Å². The molecule has 1 amide bonds. The van der Waals surface area contributed by atoms with Gasteiger partial charge in [-0.3, -0.25) is 4.79 Å². The lowest BCUT2D eigenvalue weighted by Crippen LogP contribution is -2.24. The number of rotatable bonds is 3. The van der Waals surface area contributed by atoms with Gasteiger partial charge < -0.3 is 10.1 Å². The predicted molar refractivity (Wildman–Crippen MR) is 87.2 cm³/mol. The Morgan fingerprint density at radius 1 is 1.36 bits per heavy atom. The maximum absolute atomic E-state index is 12.2. The monoisotopic (exact) mass is 319 g/mol. The second-order valence-electron chi connectivity index (χ2n) is 5.58. The fourth-order valence-electron chi connectivity index (χ4n) is 1.65. The lowest BCUT2D eigenvalue weighted by molar-refractivity contribution is -0.116. The number of ether oxygens (including phenoxy) is 1. The zero-order valence-electron chi connectivity index (χ0n) is 12.6. The minimum absolute atomic E-state index is 0.0897. The second-order valence-corrected chi connectivity index (χ2v) is 6.54. The smallest absolute Gasteiger partial charge is 0.339 e. The van der Waals surface area contributed by atoms with Crippen molar-refractivity contribution in [3.05, 3.63) is 35.4 Å². The molecule has 116 valence electrons. The molecular formula is C15H17N3O3S. The van der Waals surface area contributed by atoms with Gasteiger partial charge >= 0.3 is 5.97 Å². The van der Waals surface area contributed by atoms with Gasteiger partial charge in [0.15, 0.2) is 5.17 Å². The molecule has 0 bridgehead atoms. The predicted octanol–water partition coefficient (Wildman–Crippen LogP) is 2.19. The van der Waals surface area contributed by atoms with Gasteiger partial charge in [0.2, 0.25) is 5.91 Å². The van der Waals surface area contributed by atoms with E-state index in [9.17, 15) is 9.59 Å². The number of amides is 1. The molecule has 1 N–H and O–H groups in total. The molecule has 0 saturated carbocycles. The molecule has 1 heterocycles. The van der Waals surface area contributed by atoms with Crippen molar-refractivity contribution in [1.82, 2.24) is 5.32 Å². The molecule has 1 aliphatic heterocycles. The summed E-state index contributed by atoms with van der Waals surface area (Å²) in [5.74, 6) is -0.151. The van der Waals surface area contributed by atoms with Crippen LogP contribution in [0.25, 0.3) is 0 Å².